The number of rotatable bonds is 20. The van der Waals surface area contributed by atoms with Gasteiger partial charge in [0.05, 0.1) is 53.6 Å². The standard InChI is InChI=1S/C51H70N6O7S3/c1-33(53-7)47(65)55-39-21-25-67-44-29-51(4,5)46(57(44)49(39)62)41(59)27-37(35-18-12-9-13-19-35)32-64-23-15-14-22-63-31-36(34-16-10-8-11-17-34)26-40(58)45-50(2,3)28-43-56(45)48(61)38(20-24-66-43)54-42(60)30-52-6/h8-13,16-19,33,36-39,43-46,52-53H,20-32H2,1-7H3,(H,54,60)(H,55,65)/t33-,36+,37+,38-,39-,43-,44-,45+,46+/m0/s1. The van der Waals surface area contributed by atoms with E-state index in [2.05, 4.69) is 60.8 Å². The van der Waals surface area contributed by atoms with Gasteiger partial charge in [0, 0.05) is 24.7 Å². The third kappa shape index (κ3) is 13.3. The van der Waals surface area contributed by atoms with Gasteiger partial charge in [0.1, 0.15) is 25.3 Å². The van der Waals surface area contributed by atoms with Gasteiger partial charge in [0.15, 0.2) is 11.6 Å². The Morgan fingerprint density at radius 2 is 1.16 bits per heavy atom. The second-order valence-corrected chi connectivity index (χ2v) is 22.6. The maximum absolute atomic E-state index is 14.5. The number of fused-ring (bicyclic) bond motifs is 2. The van der Waals surface area contributed by atoms with Gasteiger partial charge in [-0.1, -0.05) is 112 Å². The van der Waals surface area contributed by atoms with E-state index in [0.29, 0.717) is 30.0 Å². The number of thioether (sulfide) groups is 2. The van der Waals surface area contributed by atoms with Crippen molar-refractivity contribution in [3.63, 3.8) is 0 Å². The number of amides is 3. The molecule has 67 heavy (non-hydrogen) atoms. The third-order valence-electron chi connectivity index (χ3n) is 13.6. The van der Waals surface area contributed by atoms with Crippen LogP contribution in [-0.2, 0) is 33.4 Å². The highest BCUT2D eigenvalue weighted by atomic mass is 32.2. The summed E-state index contributed by atoms with van der Waals surface area (Å²) in [4.78, 5) is 73.9. The smallest absolute Gasteiger partial charge is 0.246 e. The van der Waals surface area contributed by atoms with Gasteiger partial charge in [0.25, 0.3) is 0 Å². The van der Waals surface area contributed by atoms with Crippen molar-refractivity contribution < 1.29 is 33.4 Å². The summed E-state index contributed by atoms with van der Waals surface area (Å²) in [6.45, 7) is 11.1. The largest absolute Gasteiger partial charge is 0.368 e. The quantitative estimate of drug-likeness (QED) is 0.0773. The Labute approximate surface area is 411 Å². The van der Waals surface area contributed by atoms with E-state index in [1.54, 1.807) is 35.5 Å². The molecule has 6 rings (SSSR count). The highest BCUT2D eigenvalue weighted by molar-refractivity contribution is 8.00. The summed E-state index contributed by atoms with van der Waals surface area (Å²) >= 11 is 9.04. The highest BCUT2D eigenvalue weighted by Crippen LogP contribution is 2.49. The van der Waals surface area contributed by atoms with Crippen molar-refractivity contribution in [1.82, 2.24) is 31.1 Å². The first-order valence-corrected chi connectivity index (χ1v) is 26.1. The molecular weight excluding hydrogens is 905 g/mol. The molecule has 0 saturated carbocycles. The van der Waals surface area contributed by atoms with Crippen LogP contribution < -0.4 is 21.3 Å². The van der Waals surface area contributed by atoms with E-state index in [9.17, 15) is 24.0 Å². The molecule has 4 aliphatic rings. The minimum Gasteiger partial charge on any atom is -0.368 e. The third-order valence-corrected chi connectivity index (χ3v) is 16.5. The second-order valence-electron chi connectivity index (χ2n) is 19.6. The number of carbonyl (C=O) groups is 5. The number of Topliss-reactive ketones (excluding diaryl/α,β-unsaturated/α-hetero) is 2. The molecule has 2 aromatic carbocycles. The topological polar surface area (TPSA) is 158 Å². The zero-order valence-electron chi connectivity index (χ0n) is 40.1. The molecule has 13 nitrogen and oxygen atoms in total. The van der Waals surface area contributed by atoms with Crippen molar-refractivity contribution in [3.8, 4) is 11.8 Å². The van der Waals surface area contributed by atoms with Gasteiger partial charge in [0.2, 0.25) is 17.7 Å². The fraction of sp³-hybridized carbons (Fsp3) is 0.608. The van der Waals surface area contributed by atoms with Crippen LogP contribution >= 0.6 is 35.7 Å². The minimum absolute atomic E-state index is 0.0164. The van der Waals surface area contributed by atoms with Crippen molar-refractivity contribution >= 4 is 70.0 Å². The first-order valence-electron chi connectivity index (χ1n) is 23.6. The molecule has 0 spiro atoms. The Hall–Kier alpha value is -3.82. The molecule has 3 amide bonds. The molecule has 0 radical (unpaired) electrons. The highest BCUT2D eigenvalue weighted by Gasteiger charge is 2.55. The first kappa shape index (κ1) is 52.5. The lowest BCUT2D eigenvalue weighted by atomic mass is 9.79. The molecule has 0 unspecified atom stereocenters. The number of nitrogens with one attached hydrogen (secondary N) is 4. The molecular formula is C51H70N6O7S3. The fourth-order valence-corrected chi connectivity index (χ4v) is 13.5. The average molecular weight is 975 g/mol. The zero-order chi connectivity index (χ0) is 48.3. The van der Waals surface area contributed by atoms with Crippen molar-refractivity contribution in [2.45, 2.75) is 126 Å². The Morgan fingerprint density at radius 1 is 0.731 bits per heavy atom. The monoisotopic (exact) mass is 974 g/mol. The van der Waals surface area contributed by atoms with Crippen LogP contribution in [0.1, 0.15) is 96.1 Å². The van der Waals surface area contributed by atoms with E-state index >= 15 is 0 Å². The first-order chi connectivity index (χ1) is 32.1. The summed E-state index contributed by atoms with van der Waals surface area (Å²) in [6, 6.07) is 17.2. The molecule has 4 fully saturated rings. The van der Waals surface area contributed by atoms with Gasteiger partial charge < -0.3 is 40.5 Å². The molecule has 4 saturated heterocycles. The SMILES string of the molecule is CNCC(=O)N[C@H]1CCS[C@H]2CC(C)(C)[C@@H](C(=O)C[C@H](COCC#CCOC[C@@H](CC(=O)[C@H]3N4C(=O)[C@@H](NC(=S)[C@H](C)NC)CCS[C@H]4CC3(C)C)c3ccccc3)c3ccccc3)N2C1=O. The number of ketones is 2. The number of carbonyl (C=O) groups excluding carboxylic acids is 5. The Morgan fingerprint density at radius 3 is 1.58 bits per heavy atom. The molecule has 2 aromatic rings. The van der Waals surface area contributed by atoms with Gasteiger partial charge >= 0.3 is 0 Å². The van der Waals surface area contributed by atoms with Crippen LogP contribution in [0, 0.1) is 22.7 Å². The Bertz CT molecular complexity index is 2120. The van der Waals surface area contributed by atoms with E-state index in [1.165, 1.54) is 0 Å². The van der Waals surface area contributed by atoms with Crippen LogP contribution in [0.25, 0.3) is 0 Å². The van der Waals surface area contributed by atoms with Crippen LogP contribution in [0.15, 0.2) is 60.7 Å². The van der Waals surface area contributed by atoms with E-state index in [-0.39, 0.29) is 104 Å². The zero-order valence-corrected chi connectivity index (χ0v) is 42.6. The lowest BCUT2D eigenvalue weighted by molar-refractivity contribution is -0.143. The summed E-state index contributed by atoms with van der Waals surface area (Å²) in [7, 11) is 3.52. The summed E-state index contributed by atoms with van der Waals surface area (Å²) in [5.74, 6) is 6.59. The predicted molar refractivity (Wildman–Crippen MR) is 271 cm³/mol. The van der Waals surface area contributed by atoms with E-state index in [1.807, 2.05) is 79.5 Å². The average Bonchev–Trinajstić information content (AvgIpc) is 3.62. The molecule has 4 heterocycles. The number of nitrogens with zero attached hydrogens (tertiary/aromatic N) is 2. The number of hydrogen-bond donors (Lipinski definition) is 4. The fourth-order valence-electron chi connectivity index (χ4n) is 10.1. The number of hydrogen-bond acceptors (Lipinski definition) is 12. The van der Waals surface area contributed by atoms with Crippen LogP contribution in [-0.4, -0.2) is 144 Å². The van der Waals surface area contributed by atoms with Gasteiger partial charge in [-0.2, -0.15) is 0 Å². The molecule has 0 bridgehead atoms. The minimum atomic E-state index is -0.678. The van der Waals surface area contributed by atoms with Gasteiger partial charge in [-0.3, -0.25) is 24.0 Å². The van der Waals surface area contributed by atoms with Crippen LogP contribution in [0.3, 0.4) is 0 Å². The predicted octanol–water partition coefficient (Wildman–Crippen LogP) is 5.29. The Balaban J connectivity index is 1.06. The van der Waals surface area contributed by atoms with Gasteiger partial charge in [-0.25, -0.2) is 0 Å². The molecule has 4 N–H and O–H groups in total. The van der Waals surface area contributed by atoms with Crippen LogP contribution in [0.5, 0.6) is 0 Å². The molecule has 16 heteroatoms. The molecule has 0 aromatic heterocycles. The van der Waals surface area contributed by atoms with Crippen molar-refractivity contribution in [2.24, 2.45) is 10.8 Å². The normalized spacial score (nSPS) is 25.6. The number of thiocarbonyl (C=S) groups is 1. The number of likely N-dealkylation sites (N-methyl/N-ethyl adjacent to an activating group) is 2. The van der Waals surface area contributed by atoms with E-state index in [0.717, 1.165) is 23.3 Å². The van der Waals surface area contributed by atoms with E-state index < -0.39 is 35.0 Å². The molecule has 0 aliphatic carbocycles. The van der Waals surface area contributed by atoms with Crippen molar-refractivity contribution in [3.05, 3.63) is 71.8 Å². The number of ether oxygens (including phenoxy) is 2. The summed E-state index contributed by atoms with van der Waals surface area (Å²) in [5.41, 5.74) is 1.08. The maximum atomic E-state index is 14.5. The molecule has 4 aliphatic heterocycles. The Kier molecular flexibility index (Phi) is 18.9. The summed E-state index contributed by atoms with van der Waals surface area (Å²) < 4.78 is 12.3. The lowest BCUT2D eigenvalue weighted by Gasteiger charge is -2.35. The lowest BCUT2D eigenvalue weighted by Crippen LogP contribution is -2.56. The van der Waals surface area contributed by atoms with Gasteiger partial charge in [-0.15, -0.1) is 23.5 Å². The van der Waals surface area contributed by atoms with Crippen molar-refractivity contribution in [1.29, 1.82) is 0 Å². The number of benzene rings is 2. The van der Waals surface area contributed by atoms with E-state index in [4.69, 9.17) is 21.7 Å². The van der Waals surface area contributed by atoms with Gasteiger partial charge in [-0.05, 0) is 80.2 Å². The molecule has 9 atom stereocenters. The van der Waals surface area contributed by atoms with Crippen molar-refractivity contribution in [2.75, 3.05) is 58.6 Å². The summed E-state index contributed by atoms with van der Waals surface area (Å²) in [6.07, 6.45) is 2.95. The summed E-state index contributed by atoms with van der Waals surface area (Å²) in [5, 5.41) is 12.0. The van der Waals surface area contributed by atoms with Crippen LogP contribution in [0.2, 0.25) is 0 Å². The molecule has 364 valence electrons. The van der Waals surface area contributed by atoms with Crippen LogP contribution in [0.4, 0.5) is 0 Å². The maximum Gasteiger partial charge on any atom is 0.246 e. The second kappa shape index (κ2) is 24.1.